The van der Waals surface area contributed by atoms with Crippen LogP contribution in [0.25, 0.3) is 0 Å². The van der Waals surface area contributed by atoms with Crippen LogP contribution in [-0.4, -0.2) is 35.2 Å². The Morgan fingerprint density at radius 1 is 1.57 bits per heavy atom. The van der Waals surface area contributed by atoms with Crippen molar-refractivity contribution in [1.82, 2.24) is 5.32 Å². The third-order valence-corrected chi connectivity index (χ3v) is 3.78. The number of nitrogens with one attached hydrogen (secondary N) is 1. The summed E-state index contributed by atoms with van der Waals surface area (Å²) in [6.45, 7) is 4.57. The summed E-state index contributed by atoms with van der Waals surface area (Å²) in [4.78, 5) is 4.48. The SMILES string of the molecule is CNC/N=C(\SC(C)[C@H](C)O)C1CC1. The van der Waals surface area contributed by atoms with Crippen LogP contribution in [-0.2, 0) is 0 Å². The highest BCUT2D eigenvalue weighted by Crippen LogP contribution is 2.36. The Bertz CT molecular complexity index is 202. The lowest BCUT2D eigenvalue weighted by atomic mass is 10.3. The largest absolute Gasteiger partial charge is 0.392 e. The first kappa shape index (κ1) is 12.0. The first-order valence-corrected chi connectivity index (χ1v) is 6.06. The Morgan fingerprint density at radius 2 is 2.21 bits per heavy atom. The van der Waals surface area contributed by atoms with Crippen LogP contribution in [0.3, 0.4) is 0 Å². The number of aliphatic imine (C=N–C) groups is 1. The van der Waals surface area contributed by atoms with E-state index in [1.807, 2.05) is 20.9 Å². The number of nitrogens with zero attached hydrogens (tertiary/aromatic N) is 1. The van der Waals surface area contributed by atoms with Gasteiger partial charge in [0.25, 0.3) is 0 Å². The lowest BCUT2D eigenvalue weighted by molar-refractivity contribution is 0.196. The van der Waals surface area contributed by atoms with Crippen LogP contribution in [0.4, 0.5) is 0 Å². The fraction of sp³-hybridized carbons (Fsp3) is 0.900. The van der Waals surface area contributed by atoms with Crippen molar-refractivity contribution in [2.45, 2.75) is 38.0 Å². The molecule has 0 spiro atoms. The van der Waals surface area contributed by atoms with Crippen molar-refractivity contribution in [3.63, 3.8) is 0 Å². The van der Waals surface area contributed by atoms with E-state index in [1.54, 1.807) is 11.8 Å². The van der Waals surface area contributed by atoms with E-state index in [1.165, 1.54) is 17.9 Å². The van der Waals surface area contributed by atoms with E-state index in [9.17, 15) is 5.11 Å². The summed E-state index contributed by atoms with van der Waals surface area (Å²) in [5, 5.41) is 13.9. The van der Waals surface area contributed by atoms with Gasteiger partial charge in [-0.1, -0.05) is 6.92 Å². The molecule has 82 valence electrons. The normalized spacial score (nSPS) is 22.1. The molecule has 3 nitrogen and oxygen atoms in total. The number of aliphatic hydroxyl groups excluding tert-OH is 1. The van der Waals surface area contributed by atoms with Crippen molar-refractivity contribution >= 4 is 16.8 Å². The molecule has 1 unspecified atom stereocenters. The monoisotopic (exact) mass is 216 g/mol. The summed E-state index contributed by atoms with van der Waals surface area (Å²) in [6, 6.07) is 0. The molecular weight excluding hydrogens is 196 g/mol. The lowest BCUT2D eigenvalue weighted by Crippen LogP contribution is -2.19. The fourth-order valence-electron chi connectivity index (χ4n) is 1.04. The van der Waals surface area contributed by atoms with Gasteiger partial charge in [-0.15, -0.1) is 11.8 Å². The number of aliphatic hydroxyl groups is 1. The summed E-state index contributed by atoms with van der Waals surface area (Å²) in [5.41, 5.74) is 0. The first-order valence-electron chi connectivity index (χ1n) is 5.18. The molecule has 0 radical (unpaired) electrons. The second kappa shape index (κ2) is 5.73. The zero-order valence-corrected chi connectivity index (χ0v) is 9.97. The Balaban J connectivity index is 2.42. The molecule has 0 aromatic rings. The minimum absolute atomic E-state index is 0.242. The molecule has 0 aromatic heterocycles. The van der Waals surface area contributed by atoms with Gasteiger partial charge < -0.3 is 10.4 Å². The average Bonchev–Trinajstić information content (AvgIpc) is 2.94. The Labute approximate surface area is 90.4 Å². The Kier molecular flexibility index (Phi) is 4.92. The van der Waals surface area contributed by atoms with Crippen molar-refractivity contribution in [3.05, 3.63) is 0 Å². The third-order valence-electron chi connectivity index (χ3n) is 2.31. The molecule has 1 saturated carbocycles. The van der Waals surface area contributed by atoms with Crippen LogP contribution >= 0.6 is 11.8 Å². The summed E-state index contributed by atoms with van der Waals surface area (Å²) >= 11 is 1.72. The quantitative estimate of drug-likeness (QED) is 0.540. The summed E-state index contributed by atoms with van der Waals surface area (Å²) in [7, 11) is 1.90. The zero-order chi connectivity index (χ0) is 10.6. The zero-order valence-electron chi connectivity index (χ0n) is 9.16. The van der Waals surface area contributed by atoms with Gasteiger partial charge in [-0.3, -0.25) is 4.99 Å². The molecule has 1 aliphatic carbocycles. The second-order valence-electron chi connectivity index (χ2n) is 3.85. The molecule has 0 heterocycles. The molecule has 2 N–H and O–H groups in total. The van der Waals surface area contributed by atoms with Gasteiger partial charge >= 0.3 is 0 Å². The van der Waals surface area contributed by atoms with Crippen molar-refractivity contribution in [3.8, 4) is 0 Å². The van der Waals surface area contributed by atoms with Crippen LogP contribution < -0.4 is 5.32 Å². The number of hydrogen-bond acceptors (Lipinski definition) is 4. The van der Waals surface area contributed by atoms with Gasteiger partial charge in [-0.2, -0.15) is 0 Å². The Morgan fingerprint density at radius 3 is 2.64 bits per heavy atom. The molecule has 0 aliphatic heterocycles. The summed E-state index contributed by atoms with van der Waals surface area (Å²) in [5.74, 6) is 0.676. The smallest absolute Gasteiger partial charge is 0.0891 e. The molecule has 1 rings (SSSR count). The highest BCUT2D eigenvalue weighted by Gasteiger charge is 2.29. The van der Waals surface area contributed by atoms with Crippen LogP contribution in [0, 0.1) is 5.92 Å². The first-order chi connectivity index (χ1) is 6.65. The Hall–Kier alpha value is -0.0600. The highest BCUT2D eigenvalue weighted by molar-refractivity contribution is 8.14. The number of thioether (sulfide) groups is 1. The number of hydrogen-bond donors (Lipinski definition) is 2. The maximum absolute atomic E-state index is 9.41. The van der Waals surface area contributed by atoms with E-state index in [0.29, 0.717) is 12.6 Å². The minimum Gasteiger partial charge on any atom is -0.392 e. The topological polar surface area (TPSA) is 44.6 Å². The molecule has 0 saturated heterocycles. The van der Waals surface area contributed by atoms with Crippen LogP contribution in [0.2, 0.25) is 0 Å². The molecule has 1 fully saturated rings. The fourth-order valence-corrected chi connectivity index (χ4v) is 2.18. The summed E-state index contributed by atoms with van der Waals surface area (Å²) in [6.07, 6.45) is 2.27. The predicted molar refractivity (Wildman–Crippen MR) is 62.8 cm³/mol. The van der Waals surface area contributed by atoms with Crippen molar-refractivity contribution in [1.29, 1.82) is 0 Å². The maximum Gasteiger partial charge on any atom is 0.0891 e. The van der Waals surface area contributed by atoms with Gasteiger partial charge in [0, 0.05) is 11.2 Å². The molecule has 4 heteroatoms. The van der Waals surface area contributed by atoms with E-state index in [-0.39, 0.29) is 11.4 Å². The average molecular weight is 216 g/mol. The second-order valence-corrected chi connectivity index (χ2v) is 5.24. The van der Waals surface area contributed by atoms with Crippen LogP contribution in [0.5, 0.6) is 0 Å². The van der Waals surface area contributed by atoms with Gasteiger partial charge in [-0.05, 0) is 26.8 Å². The molecule has 2 atom stereocenters. The molecule has 0 aromatic carbocycles. The van der Waals surface area contributed by atoms with E-state index in [2.05, 4.69) is 10.3 Å². The molecule has 0 amide bonds. The number of rotatable bonds is 5. The van der Waals surface area contributed by atoms with E-state index in [0.717, 1.165) is 0 Å². The molecule has 1 aliphatic rings. The van der Waals surface area contributed by atoms with Gasteiger partial charge in [0.05, 0.1) is 17.8 Å². The molecule has 0 bridgehead atoms. The maximum atomic E-state index is 9.41. The van der Waals surface area contributed by atoms with Crippen molar-refractivity contribution in [2.75, 3.05) is 13.7 Å². The van der Waals surface area contributed by atoms with Crippen LogP contribution in [0.1, 0.15) is 26.7 Å². The van der Waals surface area contributed by atoms with E-state index < -0.39 is 0 Å². The standard InChI is InChI=1S/C10H20N2OS/c1-7(13)8(2)14-10(9-4-5-9)12-6-11-3/h7-9,11,13H,4-6H2,1-3H3/b12-10-/t7-,8?/m0/s1. The lowest BCUT2D eigenvalue weighted by Gasteiger charge is -2.15. The third kappa shape index (κ3) is 3.98. The van der Waals surface area contributed by atoms with Crippen molar-refractivity contribution in [2.24, 2.45) is 10.9 Å². The molecule has 14 heavy (non-hydrogen) atoms. The molecular formula is C10H20N2OS. The van der Waals surface area contributed by atoms with Gasteiger partial charge in [0.15, 0.2) is 0 Å². The summed E-state index contributed by atoms with van der Waals surface area (Å²) < 4.78 is 0. The van der Waals surface area contributed by atoms with Crippen molar-refractivity contribution < 1.29 is 5.11 Å². The van der Waals surface area contributed by atoms with Gasteiger partial charge in [0.2, 0.25) is 0 Å². The van der Waals surface area contributed by atoms with Gasteiger partial charge in [-0.25, -0.2) is 0 Å². The highest BCUT2D eigenvalue weighted by atomic mass is 32.2. The van der Waals surface area contributed by atoms with Crippen LogP contribution in [0.15, 0.2) is 4.99 Å². The van der Waals surface area contributed by atoms with E-state index in [4.69, 9.17) is 0 Å². The van der Waals surface area contributed by atoms with Gasteiger partial charge in [0.1, 0.15) is 0 Å². The predicted octanol–water partition coefficient (Wildman–Crippen LogP) is 1.47. The minimum atomic E-state index is -0.265. The van der Waals surface area contributed by atoms with E-state index >= 15 is 0 Å².